The van der Waals surface area contributed by atoms with Crippen molar-refractivity contribution >= 4 is 5.71 Å². The topological polar surface area (TPSA) is 30.8 Å². The van der Waals surface area contributed by atoms with E-state index in [1.165, 1.54) is 0 Å². The van der Waals surface area contributed by atoms with Crippen LogP contribution in [-0.2, 0) is 16.1 Å². The Morgan fingerprint density at radius 3 is 2.77 bits per heavy atom. The van der Waals surface area contributed by atoms with E-state index in [1.807, 2.05) is 30.4 Å². The fourth-order valence-corrected chi connectivity index (χ4v) is 2.38. The van der Waals surface area contributed by atoms with Crippen molar-refractivity contribution in [3.05, 3.63) is 71.3 Å². The van der Waals surface area contributed by atoms with Crippen LogP contribution in [0.1, 0.15) is 31.7 Å². The fraction of sp³-hybridized carbons (Fsp3) is 0.316. The number of nitrogens with zero attached hydrogens (tertiary/aromatic N) is 1. The summed E-state index contributed by atoms with van der Waals surface area (Å²) in [6.45, 7) is 3.49. The molecule has 0 amide bonds. The van der Waals surface area contributed by atoms with E-state index in [0.717, 1.165) is 48.5 Å². The van der Waals surface area contributed by atoms with Crippen LogP contribution in [0.3, 0.4) is 0 Å². The smallest absolute Gasteiger partial charge is 0.214 e. The SMILES string of the molecule is CCCCOC1=CC2=NC(OCc3ccccc3)=CC2=CC1. The van der Waals surface area contributed by atoms with Crippen LogP contribution in [0.4, 0.5) is 0 Å². The summed E-state index contributed by atoms with van der Waals surface area (Å²) < 4.78 is 11.5. The first-order chi connectivity index (χ1) is 10.8. The van der Waals surface area contributed by atoms with Crippen molar-refractivity contribution in [3.63, 3.8) is 0 Å². The van der Waals surface area contributed by atoms with Crippen LogP contribution in [0.25, 0.3) is 0 Å². The van der Waals surface area contributed by atoms with Crippen LogP contribution >= 0.6 is 0 Å². The molecule has 3 nitrogen and oxygen atoms in total. The zero-order valence-electron chi connectivity index (χ0n) is 12.9. The predicted molar refractivity (Wildman–Crippen MR) is 88.4 cm³/mol. The van der Waals surface area contributed by atoms with Gasteiger partial charge in [0.25, 0.3) is 0 Å². The molecule has 1 heterocycles. The molecular formula is C19H21NO2. The molecule has 22 heavy (non-hydrogen) atoms. The highest BCUT2D eigenvalue weighted by atomic mass is 16.5. The van der Waals surface area contributed by atoms with E-state index in [0.29, 0.717) is 12.5 Å². The molecule has 1 aromatic carbocycles. The van der Waals surface area contributed by atoms with Crippen molar-refractivity contribution in [3.8, 4) is 0 Å². The first-order valence-corrected chi connectivity index (χ1v) is 7.86. The van der Waals surface area contributed by atoms with Gasteiger partial charge in [0.05, 0.1) is 12.3 Å². The highest BCUT2D eigenvalue weighted by Gasteiger charge is 2.18. The van der Waals surface area contributed by atoms with Crippen molar-refractivity contribution in [2.45, 2.75) is 32.8 Å². The van der Waals surface area contributed by atoms with Crippen molar-refractivity contribution in [1.29, 1.82) is 0 Å². The van der Waals surface area contributed by atoms with Crippen LogP contribution in [0.15, 0.2) is 70.8 Å². The third-order valence-corrected chi connectivity index (χ3v) is 3.64. The summed E-state index contributed by atoms with van der Waals surface area (Å²) in [6, 6.07) is 10.1. The Labute approximate surface area is 131 Å². The van der Waals surface area contributed by atoms with Crippen LogP contribution in [0.5, 0.6) is 0 Å². The number of unbranched alkanes of at least 4 members (excludes halogenated alkanes) is 1. The van der Waals surface area contributed by atoms with Gasteiger partial charge in [0.15, 0.2) is 0 Å². The molecule has 0 aromatic heterocycles. The molecule has 0 unspecified atom stereocenters. The Morgan fingerprint density at radius 1 is 1.09 bits per heavy atom. The maximum atomic E-state index is 5.78. The molecule has 0 radical (unpaired) electrons. The maximum absolute atomic E-state index is 5.78. The molecular weight excluding hydrogens is 274 g/mol. The Balaban J connectivity index is 1.58. The number of hydrogen-bond acceptors (Lipinski definition) is 3. The third kappa shape index (κ3) is 3.67. The Morgan fingerprint density at radius 2 is 1.95 bits per heavy atom. The lowest BCUT2D eigenvalue weighted by atomic mass is 10.0. The highest BCUT2D eigenvalue weighted by Crippen LogP contribution is 2.25. The number of benzene rings is 1. The summed E-state index contributed by atoms with van der Waals surface area (Å²) in [5.74, 6) is 1.67. The Kier molecular flexibility index (Phi) is 4.74. The molecule has 0 N–H and O–H groups in total. The second-order valence-electron chi connectivity index (χ2n) is 5.43. The normalized spacial score (nSPS) is 16.2. The van der Waals surface area contributed by atoms with Gasteiger partial charge in [0.2, 0.25) is 5.88 Å². The van der Waals surface area contributed by atoms with E-state index in [-0.39, 0.29) is 0 Å². The molecule has 0 atom stereocenters. The van der Waals surface area contributed by atoms with E-state index in [9.17, 15) is 0 Å². The Bertz CT molecular complexity index is 639. The molecule has 0 bridgehead atoms. The summed E-state index contributed by atoms with van der Waals surface area (Å²) in [5, 5.41) is 0. The van der Waals surface area contributed by atoms with Crippen molar-refractivity contribution in [2.75, 3.05) is 6.61 Å². The van der Waals surface area contributed by atoms with Gasteiger partial charge in [0, 0.05) is 24.1 Å². The Hall–Kier alpha value is -2.29. The molecule has 1 aromatic rings. The summed E-state index contributed by atoms with van der Waals surface area (Å²) in [7, 11) is 0. The number of rotatable bonds is 7. The molecule has 0 saturated heterocycles. The number of ether oxygens (including phenoxy) is 2. The molecule has 1 aliphatic carbocycles. The summed E-state index contributed by atoms with van der Waals surface area (Å²) in [6.07, 6.45) is 9.25. The van der Waals surface area contributed by atoms with Gasteiger partial charge in [-0.05, 0) is 12.0 Å². The number of allylic oxidation sites excluding steroid dienone is 4. The standard InChI is InChI=1S/C19H21NO2/c1-2-3-11-21-17-10-9-16-12-19(20-18(16)13-17)22-14-15-7-5-4-6-8-15/h4-9,12-13H,2-3,10-11,14H2,1H3. The molecule has 0 fully saturated rings. The molecule has 114 valence electrons. The average Bonchev–Trinajstić information content (AvgIpc) is 2.96. The van der Waals surface area contributed by atoms with Gasteiger partial charge in [-0.1, -0.05) is 49.8 Å². The van der Waals surface area contributed by atoms with Crippen LogP contribution < -0.4 is 0 Å². The first-order valence-electron chi connectivity index (χ1n) is 7.86. The molecule has 0 saturated carbocycles. The molecule has 3 heteroatoms. The van der Waals surface area contributed by atoms with Crippen LogP contribution in [0.2, 0.25) is 0 Å². The minimum Gasteiger partial charge on any atom is -0.498 e. The number of hydrogen-bond donors (Lipinski definition) is 0. The van der Waals surface area contributed by atoms with Crippen molar-refractivity contribution in [2.24, 2.45) is 4.99 Å². The van der Waals surface area contributed by atoms with Gasteiger partial charge in [-0.3, -0.25) is 0 Å². The largest absolute Gasteiger partial charge is 0.498 e. The monoisotopic (exact) mass is 295 g/mol. The molecule has 3 rings (SSSR count). The number of aliphatic imine (C=N–C) groups is 1. The quantitative estimate of drug-likeness (QED) is 0.692. The lowest BCUT2D eigenvalue weighted by molar-refractivity contribution is 0.198. The maximum Gasteiger partial charge on any atom is 0.214 e. The minimum absolute atomic E-state index is 0.542. The number of fused-ring (bicyclic) bond motifs is 1. The van der Waals surface area contributed by atoms with Gasteiger partial charge in [0.1, 0.15) is 12.4 Å². The summed E-state index contributed by atoms with van der Waals surface area (Å²) >= 11 is 0. The van der Waals surface area contributed by atoms with E-state index >= 15 is 0 Å². The van der Waals surface area contributed by atoms with Gasteiger partial charge >= 0.3 is 0 Å². The fourth-order valence-electron chi connectivity index (χ4n) is 2.38. The van der Waals surface area contributed by atoms with Gasteiger partial charge in [-0.2, -0.15) is 0 Å². The summed E-state index contributed by atoms with van der Waals surface area (Å²) in [4.78, 5) is 4.53. The third-order valence-electron chi connectivity index (χ3n) is 3.64. The highest BCUT2D eigenvalue weighted by molar-refractivity contribution is 6.13. The van der Waals surface area contributed by atoms with Gasteiger partial charge in [-0.25, -0.2) is 4.99 Å². The van der Waals surface area contributed by atoms with E-state index in [1.54, 1.807) is 0 Å². The van der Waals surface area contributed by atoms with Crippen LogP contribution in [0, 0.1) is 0 Å². The van der Waals surface area contributed by atoms with Gasteiger partial charge < -0.3 is 9.47 Å². The summed E-state index contributed by atoms with van der Waals surface area (Å²) in [5.41, 5.74) is 3.22. The average molecular weight is 295 g/mol. The van der Waals surface area contributed by atoms with E-state index < -0.39 is 0 Å². The zero-order valence-corrected chi connectivity index (χ0v) is 12.9. The van der Waals surface area contributed by atoms with Crippen LogP contribution in [-0.4, -0.2) is 12.3 Å². The van der Waals surface area contributed by atoms with Crippen molar-refractivity contribution < 1.29 is 9.47 Å². The second kappa shape index (κ2) is 7.12. The molecule has 2 aliphatic rings. The lowest BCUT2D eigenvalue weighted by Gasteiger charge is -2.12. The lowest BCUT2D eigenvalue weighted by Crippen LogP contribution is -2.04. The zero-order chi connectivity index (χ0) is 15.2. The van der Waals surface area contributed by atoms with Gasteiger partial charge in [-0.15, -0.1) is 0 Å². The van der Waals surface area contributed by atoms with E-state index in [2.05, 4.69) is 30.1 Å². The molecule has 0 spiro atoms. The van der Waals surface area contributed by atoms with E-state index in [4.69, 9.17) is 9.47 Å². The second-order valence-corrected chi connectivity index (χ2v) is 5.43. The molecule has 1 aliphatic heterocycles. The first kappa shape index (κ1) is 14.6. The van der Waals surface area contributed by atoms with Crippen molar-refractivity contribution in [1.82, 2.24) is 0 Å². The predicted octanol–water partition coefficient (Wildman–Crippen LogP) is 4.53. The minimum atomic E-state index is 0.542.